The van der Waals surface area contributed by atoms with E-state index < -0.39 is 5.41 Å². The number of carbonyl (C=O) groups excluding carboxylic acids is 2. The van der Waals surface area contributed by atoms with E-state index in [1.165, 1.54) is 19.3 Å². The summed E-state index contributed by atoms with van der Waals surface area (Å²) < 4.78 is 5.65. The van der Waals surface area contributed by atoms with E-state index >= 15 is 0 Å². The van der Waals surface area contributed by atoms with Crippen molar-refractivity contribution >= 4 is 35.0 Å². The molecule has 41 heavy (non-hydrogen) atoms. The molecule has 3 heterocycles. The highest BCUT2D eigenvalue weighted by molar-refractivity contribution is 6.01. The zero-order valence-electron chi connectivity index (χ0n) is 25.1. The van der Waals surface area contributed by atoms with Crippen molar-refractivity contribution in [2.45, 2.75) is 58.4 Å². The lowest BCUT2D eigenvalue weighted by atomic mass is 9.84. The van der Waals surface area contributed by atoms with Crippen LogP contribution in [0, 0.1) is 5.41 Å². The molecule has 1 aromatic heterocycles. The van der Waals surface area contributed by atoms with E-state index in [-0.39, 0.29) is 11.8 Å². The van der Waals surface area contributed by atoms with Gasteiger partial charge < -0.3 is 24.8 Å². The average molecular weight is 565 g/mol. The van der Waals surface area contributed by atoms with Crippen LogP contribution in [0.25, 0.3) is 0 Å². The average Bonchev–Trinajstić information content (AvgIpc) is 3.08. The predicted octanol–water partition coefficient (Wildman–Crippen LogP) is 3.65. The van der Waals surface area contributed by atoms with Gasteiger partial charge in [0.2, 0.25) is 11.9 Å². The summed E-state index contributed by atoms with van der Waals surface area (Å²) in [5, 5.41) is 5.26. The zero-order chi connectivity index (χ0) is 29.1. The summed E-state index contributed by atoms with van der Waals surface area (Å²) in [5.41, 5.74) is 4.39. The third kappa shape index (κ3) is 6.11. The zero-order valence-corrected chi connectivity index (χ0v) is 25.1. The van der Waals surface area contributed by atoms with Crippen LogP contribution in [0.4, 0.5) is 23.1 Å². The molecular formula is C30H44N8O3. The standard InChI is InChI=1S/C30H44N8O3/c1-6-30(2)20-38(22-10-8-7-9-11-22)26-24(36(4)28(30)40)19-31-29(33-26)32-23-13-12-21(18-25(23)41-5)27(39)34-37-16-14-35(3)15-17-37/h12-13,18-19,22H,6-11,14-17,20H2,1-5H3,(H,34,39)(H,31,32,33). The minimum absolute atomic E-state index is 0.0935. The summed E-state index contributed by atoms with van der Waals surface area (Å²) in [6, 6.07) is 5.65. The van der Waals surface area contributed by atoms with Crippen molar-refractivity contribution in [2.75, 3.05) is 69.0 Å². The molecule has 1 saturated carbocycles. The summed E-state index contributed by atoms with van der Waals surface area (Å²) in [7, 11) is 5.49. The third-order valence-corrected chi connectivity index (χ3v) is 8.99. The van der Waals surface area contributed by atoms with Crippen molar-refractivity contribution in [1.29, 1.82) is 0 Å². The van der Waals surface area contributed by atoms with Crippen LogP contribution >= 0.6 is 0 Å². The molecule has 2 fully saturated rings. The van der Waals surface area contributed by atoms with Crippen LogP contribution in [-0.4, -0.2) is 91.7 Å². The molecular weight excluding hydrogens is 520 g/mol. The van der Waals surface area contributed by atoms with Crippen LogP contribution in [0.2, 0.25) is 0 Å². The molecule has 1 saturated heterocycles. The van der Waals surface area contributed by atoms with Crippen LogP contribution in [-0.2, 0) is 4.79 Å². The lowest BCUT2D eigenvalue weighted by Gasteiger charge is -2.38. The molecule has 1 aliphatic carbocycles. The summed E-state index contributed by atoms with van der Waals surface area (Å²) >= 11 is 0. The normalized spacial score (nSPS) is 22.7. The summed E-state index contributed by atoms with van der Waals surface area (Å²) in [5.74, 6) is 1.64. The van der Waals surface area contributed by atoms with Gasteiger partial charge >= 0.3 is 0 Å². The number of nitrogens with one attached hydrogen (secondary N) is 2. The Bertz CT molecular complexity index is 1260. The number of benzene rings is 1. The van der Waals surface area contributed by atoms with Crippen LogP contribution < -0.4 is 25.3 Å². The Morgan fingerprint density at radius 3 is 2.54 bits per heavy atom. The van der Waals surface area contributed by atoms with Crippen molar-refractivity contribution in [1.82, 2.24) is 25.3 Å². The lowest BCUT2D eigenvalue weighted by molar-refractivity contribution is -0.126. The van der Waals surface area contributed by atoms with Crippen molar-refractivity contribution in [2.24, 2.45) is 5.41 Å². The van der Waals surface area contributed by atoms with Gasteiger partial charge in [-0.2, -0.15) is 4.98 Å². The van der Waals surface area contributed by atoms with E-state index in [9.17, 15) is 9.59 Å². The second-order valence-electron chi connectivity index (χ2n) is 11.9. The minimum atomic E-state index is -0.510. The molecule has 11 nitrogen and oxygen atoms in total. The van der Waals surface area contributed by atoms with Crippen LogP contribution in [0.5, 0.6) is 5.75 Å². The summed E-state index contributed by atoms with van der Waals surface area (Å²) in [4.78, 5) is 42.4. The number of hydrogen-bond donors (Lipinski definition) is 2. The van der Waals surface area contributed by atoms with Gasteiger partial charge in [0, 0.05) is 51.4 Å². The number of methoxy groups -OCH3 is 1. The molecule has 1 atom stereocenters. The van der Waals surface area contributed by atoms with Gasteiger partial charge in [-0.25, -0.2) is 9.99 Å². The SMILES string of the molecule is CCC1(C)CN(C2CCCCC2)c2nc(Nc3ccc(C(=O)NN4CCN(C)CC4)cc3OC)ncc2N(C)C1=O. The second kappa shape index (κ2) is 12.2. The Kier molecular flexibility index (Phi) is 8.65. The fourth-order valence-electron chi connectivity index (χ4n) is 6.05. The van der Waals surface area contributed by atoms with Gasteiger partial charge in [-0.15, -0.1) is 0 Å². The van der Waals surface area contributed by atoms with Crippen LogP contribution in [0.1, 0.15) is 62.7 Å². The Morgan fingerprint density at radius 1 is 1.12 bits per heavy atom. The van der Waals surface area contributed by atoms with Gasteiger partial charge in [-0.3, -0.25) is 15.0 Å². The number of aromatic nitrogens is 2. The van der Waals surface area contributed by atoms with E-state index in [1.807, 2.05) is 18.1 Å². The number of hydrogen-bond acceptors (Lipinski definition) is 9. The largest absolute Gasteiger partial charge is 0.495 e. The van der Waals surface area contributed by atoms with E-state index in [0.29, 0.717) is 35.5 Å². The second-order valence-corrected chi connectivity index (χ2v) is 11.9. The van der Waals surface area contributed by atoms with Gasteiger partial charge in [0.15, 0.2) is 5.82 Å². The molecule has 2 amide bonds. The maximum Gasteiger partial charge on any atom is 0.265 e. The number of rotatable bonds is 7. The van der Waals surface area contributed by atoms with Gasteiger partial charge in [0.25, 0.3) is 5.91 Å². The minimum Gasteiger partial charge on any atom is -0.495 e. The van der Waals surface area contributed by atoms with Crippen LogP contribution in [0.15, 0.2) is 24.4 Å². The van der Waals surface area contributed by atoms with Crippen molar-refractivity contribution in [3.63, 3.8) is 0 Å². The van der Waals surface area contributed by atoms with Gasteiger partial charge in [-0.1, -0.05) is 26.2 Å². The maximum atomic E-state index is 13.5. The molecule has 222 valence electrons. The summed E-state index contributed by atoms with van der Waals surface area (Å²) in [6.45, 7) is 8.16. The Balaban J connectivity index is 1.40. The monoisotopic (exact) mass is 564 g/mol. The number of ether oxygens (including phenoxy) is 1. The van der Waals surface area contributed by atoms with Crippen molar-refractivity contribution < 1.29 is 14.3 Å². The number of nitrogens with zero attached hydrogens (tertiary/aromatic N) is 6. The highest BCUT2D eigenvalue weighted by Gasteiger charge is 2.43. The number of carbonyl (C=O) groups is 2. The Hall–Kier alpha value is -3.44. The Morgan fingerprint density at radius 2 is 1.85 bits per heavy atom. The highest BCUT2D eigenvalue weighted by atomic mass is 16.5. The van der Waals surface area contributed by atoms with E-state index in [4.69, 9.17) is 9.72 Å². The van der Waals surface area contributed by atoms with Gasteiger partial charge in [0.05, 0.1) is 24.4 Å². The first-order valence-corrected chi connectivity index (χ1v) is 14.8. The third-order valence-electron chi connectivity index (χ3n) is 8.99. The number of hydrazine groups is 1. The first kappa shape index (κ1) is 29.1. The fourth-order valence-corrected chi connectivity index (χ4v) is 6.05. The number of amides is 2. The molecule has 5 rings (SSSR count). The number of anilines is 4. The van der Waals surface area contributed by atoms with Crippen LogP contribution in [0.3, 0.4) is 0 Å². The predicted molar refractivity (Wildman–Crippen MR) is 161 cm³/mol. The van der Waals surface area contributed by atoms with Gasteiger partial charge in [0.1, 0.15) is 11.4 Å². The van der Waals surface area contributed by atoms with Gasteiger partial charge in [-0.05, 0) is 51.4 Å². The quantitative estimate of drug-likeness (QED) is 0.521. The molecule has 11 heteroatoms. The number of likely N-dealkylation sites (N-methyl/N-ethyl adjacent to an activating group) is 1. The number of fused-ring (bicyclic) bond motifs is 1. The first-order valence-electron chi connectivity index (χ1n) is 14.8. The van der Waals surface area contributed by atoms with E-state index in [0.717, 1.165) is 56.9 Å². The lowest BCUT2D eigenvalue weighted by Crippen LogP contribution is -2.52. The Labute approximate surface area is 243 Å². The van der Waals surface area contributed by atoms with E-state index in [1.54, 1.807) is 30.3 Å². The topological polar surface area (TPSA) is 106 Å². The molecule has 0 bridgehead atoms. The molecule has 3 aliphatic rings. The molecule has 1 unspecified atom stereocenters. The maximum absolute atomic E-state index is 13.5. The summed E-state index contributed by atoms with van der Waals surface area (Å²) in [6.07, 6.45) is 8.30. The fraction of sp³-hybridized carbons (Fsp3) is 0.600. The van der Waals surface area contributed by atoms with E-state index in [2.05, 4.69) is 46.4 Å². The van der Waals surface area contributed by atoms with Crippen molar-refractivity contribution in [3.8, 4) is 5.75 Å². The van der Waals surface area contributed by atoms with Crippen molar-refractivity contribution in [3.05, 3.63) is 30.0 Å². The molecule has 0 spiro atoms. The first-order chi connectivity index (χ1) is 19.7. The molecule has 2 aromatic rings. The molecule has 1 aromatic carbocycles. The number of piperazine rings is 1. The molecule has 2 N–H and O–H groups in total. The highest BCUT2D eigenvalue weighted by Crippen LogP contribution is 2.41. The molecule has 2 aliphatic heterocycles. The smallest absolute Gasteiger partial charge is 0.265 e. The molecule has 0 radical (unpaired) electrons.